The highest BCUT2D eigenvalue weighted by Crippen LogP contribution is 2.64. The van der Waals surface area contributed by atoms with Crippen molar-refractivity contribution in [3.05, 3.63) is 33.8 Å². The quantitative estimate of drug-likeness (QED) is 0.228. The molecule has 166 valence electrons. The third-order valence-electron chi connectivity index (χ3n) is 3.01. The van der Waals surface area contributed by atoms with Gasteiger partial charge in [0.15, 0.2) is 6.23 Å². The fourth-order valence-electron chi connectivity index (χ4n) is 2.05. The largest absolute Gasteiger partial charge is 0.428 e. The second-order valence-electron chi connectivity index (χ2n) is 6.36. The molecule has 0 aliphatic heterocycles. The van der Waals surface area contributed by atoms with Crippen molar-refractivity contribution in [2.24, 2.45) is 0 Å². The van der Waals surface area contributed by atoms with E-state index in [0.29, 0.717) is 5.02 Å². The summed E-state index contributed by atoms with van der Waals surface area (Å²) in [4.78, 5) is 12.3. The van der Waals surface area contributed by atoms with Crippen molar-refractivity contribution in [3.63, 3.8) is 0 Å². The number of amides is 1. The molecule has 0 spiro atoms. The van der Waals surface area contributed by atoms with Crippen molar-refractivity contribution >= 4 is 71.7 Å². The van der Waals surface area contributed by atoms with E-state index in [-0.39, 0.29) is 10.6 Å². The Hall–Kier alpha value is 0.0500. The molecule has 0 aliphatic carbocycles. The Labute approximate surface area is 194 Å². The lowest BCUT2D eigenvalue weighted by Gasteiger charge is -2.30. The molecule has 0 bridgehead atoms. The van der Waals surface area contributed by atoms with Gasteiger partial charge in [-0.3, -0.25) is 9.88 Å². The zero-order chi connectivity index (χ0) is 22.6. The second-order valence-corrected chi connectivity index (χ2v) is 11.5. The number of carbonyl (C=O) groups is 1. The van der Waals surface area contributed by atoms with Crippen molar-refractivity contribution in [1.82, 2.24) is 5.32 Å². The molecule has 0 aliphatic rings. The molecule has 0 aromatic heterocycles. The normalized spacial score (nSPS) is 14.8. The topological polar surface area (TPSA) is 94.1 Å². The maximum Gasteiger partial charge on any atom is 0.410 e. The SMILES string of the molecule is CC(C)OP(=O)(OC(C)C)[C@@H](OC(=O)N[C@H](O)C(Cl)(Cl)Cl)c1ccc(Cl)cc1Cl. The molecule has 7 nitrogen and oxygen atoms in total. The van der Waals surface area contributed by atoms with E-state index in [9.17, 15) is 14.5 Å². The monoisotopic (exact) mass is 529 g/mol. The highest BCUT2D eigenvalue weighted by molar-refractivity contribution is 7.54. The Morgan fingerprint density at radius 3 is 2.03 bits per heavy atom. The number of halogens is 5. The molecule has 1 aromatic carbocycles. The molecule has 0 saturated carbocycles. The first kappa shape index (κ1) is 27.1. The number of alkyl halides is 3. The Morgan fingerprint density at radius 1 is 1.10 bits per heavy atom. The molecule has 1 amide bonds. The highest BCUT2D eigenvalue weighted by atomic mass is 35.6. The van der Waals surface area contributed by atoms with Gasteiger partial charge in [-0.05, 0) is 39.8 Å². The van der Waals surface area contributed by atoms with Crippen LogP contribution in [0.3, 0.4) is 0 Å². The molecule has 29 heavy (non-hydrogen) atoms. The zero-order valence-electron chi connectivity index (χ0n) is 15.9. The maximum atomic E-state index is 13.6. The Morgan fingerprint density at radius 2 is 1.62 bits per heavy atom. The van der Waals surface area contributed by atoms with E-state index < -0.39 is 41.8 Å². The molecular weight excluding hydrogens is 510 g/mol. The average molecular weight is 532 g/mol. The van der Waals surface area contributed by atoms with Gasteiger partial charge in [0.05, 0.1) is 12.2 Å². The number of aliphatic hydroxyl groups excluding tert-OH is 1. The Balaban J connectivity index is 3.37. The van der Waals surface area contributed by atoms with Crippen LogP contribution in [-0.2, 0) is 18.3 Å². The van der Waals surface area contributed by atoms with Gasteiger partial charge in [0, 0.05) is 15.6 Å². The Kier molecular flexibility index (Phi) is 10.3. The minimum Gasteiger partial charge on any atom is -0.428 e. The van der Waals surface area contributed by atoms with Crippen LogP contribution in [0.25, 0.3) is 0 Å². The van der Waals surface area contributed by atoms with E-state index in [1.165, 1.54) is 18.2 Å². The first-order valence-electron chi connectivity index (χ1n) is 8.29. The van der Waals surface area contributed by atoms with Gasteiger partial charge in [0.1, 0.15) is 0 Å². The van der Waals surface area contributed by atoms with Crippen LogP contribution >= 0.6 is 65.6 Å². The fourth-order valence-corrected chi connectivity index (χ4v) is 5.04. The molecule has 13 heteroatoms. The van der Waals surface area contributed by atoms with Crippen molar-refractivity contribution in [3.8, 4) is 0 Å². The predicted octanol–water partition coefficient (Wildman–Crippen LogP) is 6.45. The summed E-state index contributed by atoms with van der Waals surface area (Å²) in [6, 6.07) is 4.24. The van der Waals surface area contributed by atoms with E-state index in [0.717, 1.165) is 0 Å². The second kappa shape index (κ2) is 11.1. The van der Waals surface area contributed by atoms with Gasteiger partial charge in [-0.15, -0.1) is 0 Å². The number of aliphatic hydroxyl groups is 1. The lowest BCUT2D eigenvalue weighted by Crippen LogP contribution is -2.44. The molecule has 2 atom stereocenters. The van der Waals surface area contributed by atoms with Crippen LogP contribution in [-0.4, -0.2) is 33.4 Å². The molecule has 1 aromatic rings. The summed E-state index contributed by atoms with van der Waals surface area (Å²) in [6.07, 6.45) is -4.25. The van der Waals surface area contributed by atoms with Crippen LogP contribution in [0.5, 0.6) is 0 Å². The number of rotatable bonds is 8. The predicted molar refractivity (Wildman–Crippen MR) is 115 cm³/mol. The molecule has 0 radical (unpaired) electrons. The van der Waals surface area contributed by atoms with E-state index in [1.807, 2.05) is 5.32 Å². The minimum absolute atomic E-state index is 0.0529. The summed E-state index contributed by atoms with van der Waals surface area (Å²) < 4.78 is 27.7. The van der Waals surface area contributed by atoms with Gasteiger partial charge in [0.25, 0.3) is 0 Å². The number of hydrogen-bond donors (Lipinski definition) is 2. The average Bonchev–Trinajstić information content (AvgIpc) is 2.50. The molecule has 2 N–H and O–H groups in total. The van der Waals surface area contributed by atoms with Gasteiger partial charge in [-0.25, -0.2) is 4.79 Å². The van der Waals surface area contributed by atoms with Crippen molar-refractivity contribution < 1.29 is 28.3 Å². The first-order valence-corrected chi connectivity index (χ1v) is 11.8. The summed E-state index contributed by atoms with van der Waals surface area (Å²) in [5.41, 5.74) is 0.110. The number of carbonyl (C=O) groups excluding carboxylic acids is 1. The molecule has 0 fully saturated rings. The number of ether oxygens (including phenoxy) is 1. The zero-order valence-corrected chi connectivity index (χ0v) is 20.5. The molecule has 0 heterocycles. The van der Waals surface area contributed by atoms with Crippen LogP contribution in [0.2, 0.25) is 10.0 Å². The van der Waals surface area contributed by atoms with Crippen LogP contribution in [0, 0.1) is 0 Å². The van der Waals surface area contributed by atoms with E-state index in [4.69, 9.17) is 71.8 Å². The fraction of sp³-hybridized carbons (Fsp3) is 0.562. The lowest BCUT2D eigenvalue weighted by atomic mass is 10.2. The highest BCUT2D eigenvalue weighted by Gasteiger charge is 2.44. The van der Waals surface area contributed by atoms with Crippen LogP contribution in [0.4, 0.5) is 4.79 Å². The summed E-state index contributed by atoms with van der Waals surface area (Å²) >= 11 is 28.7. The Bertz CT molecular complexity index is 744. The number of hydrogen-bond acceptors (Lipinski definition) is 6. The van der Waals surface area contributed by atoms with Crippen LogP contribution < -0.4 is 5.32 Å². The maximum absolute atomic E-state index is 13.6. The van der Waals surface area contributed by atoms with Crippen molar-refractivity contribution in [1.29, 1.82) is 0 Å². The van der Waals surface area contributed by atoms with Gasteiger partial charge < -0.3 is 18.9 Å². The number of benzene rings is 1. The van der Waals surface area contributed by atoms with Gasteiger partial charge in [-0.1, -0.05) is 64.1 Å². The molecule has 0 saturated heterocycles. The van der Waals surface area contributed by atoms with E-state index in [1.54, 1.807) is 27.7 Å². The smallest absolute Gasteiger partial charge is 0.410 e. The summed E-state index contributed by atoms with van der Waals surface area (Å²) in [6.45, 7) is 6.51. The van der Waals surface area contributed by atoms with Gasteiger partial charge in [0.2, 0.25) is 9.64 Å². The standard InChI is InChI=1S/C16H21Cl5NO6P/c1-8(2)27-29(25,28-9(3)4)13(11-6-5-10(17)7-12(11)18)26-15(24)22-14(23)16(19,20)21/h5-9,13-14,23H,1-4H3,(H,22,24)/t13-,14-/m1/s1. The summed E-state index contributed by atoms with van der Waals surface area (Å²) in [7, 11) is -4.13. The van der Waals surface area contributed by atoms with Crippen LogP contribution in [0.1, 0.15) is 39.1 Å². The van der Waals surface area contributed by atoms with E-state index >= 15 is 0 Å². The molecule has 1 rings (SSSR count). The third-order valence-corrected chi connectivity index (χ3v) is 6.59. The van der Waals surface area contributed by atoms with Crippen molar-refractivity contribution in [2.75, 3.05) is 0 Å². The van der Waals surface area contributed by atoms with Gasteiger partial charge in [-0.2, -0.15) is 0 Å². The van der Waals surface area contributed by atoms with Crippen molar-refractivity contribution in [2.45, 2.75) is 55.8 Å². The van der Waals surface area contributed by atoms with Crippen LogP contribution in [0.15, 0.2) is 18.2 Å². The molecule has 0 unspecified atom stereocenters. The summed E-state index contributed by atoms with van der Waals surface area (Å²) in [5.74, 6) is -1.60. The summed E-state index contributed by atoms with van der Waals surface area (Å²) in [5, 5.41) is 12.0. The van der Waals surface area contributed by atoms with E-state index in [2.05, 4.69) is 0 Å². The number of alkyl carbamates (subject to hydrolysis) is 1. The first-order chi connectivity index (χ1) is 13.2. The minimum atomic E-state index is -4.13. The third kappa shape index (κ3) is 8.60. The molecular formula is C16H21Cl5NO6P. The lowest BCUT2D eigenvalue weighted by molar-refractivity contribution is 0.0640. The number of nitrogens with one attached hydrogen (secondary N) is 1. The van der Waals surface area contributed by atoms with Gasteiger partial charge >= 0.3 is 13.7 Å².